The minimum atomic E-state index is -0.0257. The van der Waals surface area contributed by atoms with Gasteiger partial charge in [0.2, 0.25) is 5.91 Å². The van der Waals surface area contributed by atoms with Crippen molar-refractivity contribution in [2.45, 2.75) is 25.3 Å². The van der Waals surface area contributed by atoms with E-state index in [-0.39, 0.29) is 17.9 Å². The van der Waals surface area contributed by atoms with E-state index in [2.05, 4.69) is 83.7 Å². The summed E-state index contributed by atoms with van der Waals surface area (Å²) in [6, 6.07) is 29.0. The van der Waals surface area contributed by atoms with Gasteiger partial charge in [0.15, 0.2) is 0 Å². The second-order valence-electron chi connectivity index (χ2n) is 7.61. The fourth-order valence-corrected chi connectivity index (χ4v) is 4.22. The quantitative estimate of drug-likeness (QED) is 0.497. The number of aryl methyl sites for hydroxylation is 1. The maximum absolute atomic E-state index is 12.9. The third kappa shape index (κ3) is 4.09. The Morgan fingerprint density at radius 2 is 1.41 bits per heavy atom. The molecule has 0 spiro atoms. The maximum atomic E-state index is 12.9. The molecular formula is C26H26N2O. The molecule has 1 N–H and O–H groups in total. The predicted octanol–water partition coefficient (Wildman–Crippen LogP) is 5.06. The number of rotatable bonds is 6. The van der Waals surface area contributed by atoms with Crippen LogP contribution in [0.2, 0.25) is 0 Å². The second kappa shape index (κ2) is 8.36. The Labute approximate surface area is 172 Å². The van der Waals surface area contributed by atoms with E-state index in [1.54, 1.807) is 0 Å². The molecule has 0 radical (unpaired) electrons. The lowest BCUT2D eigenvalue weighted by molar-refractivity contribution is -0.121. The molecule has 0 saturated heterocycles. The topological polar surface area (TPSA) is 34.0 Å². The first-order valence-corrected chi connectivity index (χ1v) is 10.1. The molecule has 0 saturated carbocycles. The van der Waals surface area contributed by atoms with Crippen molar-refractivity contribution in [1.29, 1.82) is 0 Å². The van der Waals surface area contributed by atoms with Crippen LogP contribution in [0.1, 0.15) is 29.5 Å². The van der Waals surface area contributed by atoms with Crippen LogP contribution in [0, 0.1) is 0 Å². The molecule has 0 aliphatic carbocycles. The lowest BCUT2D eigenvalue weighted by Gasteiger charge is -2.26. The van der Waals surface area contributed by atoms with Gasteiger partial charge in [0.05, 0.1) is 6.42 Å². The van der Waals surface area contributed by atoms with Gasteiger partial charge in [-0.15, -0.1) is 0 Å². The van der Waals surface area contributed by atoms with Gasteiger partial charge < -0.3 is 9.88 Å². The molecule has 0 aliphatic heterocycles. The Hall–Kier alpha value is -3.33. The normalized spacial score (nSPS) is 12.2. The summed E-state index contributed by atoms with van der Waals surface area (Å²) in [7, 11) is 2.02. The predicted molar refractivity (Wildman–Crippen MR) is 119 cm³/mol. The van der Waals surface area contributed by atoms with Crippen molar-refractivity contribution in [1.82, 2.24) is 9.88 Å². The number of aromatic nitrogens is 1. The van der Waals surface area contributed by atoms with Crippen LogP contribution in [0.15, 0.2) is 91.1 Å². The molecule has 1 atom stereocenters. The first-order valence-electron chi connectivity index (χ1n) is 10.1. The van der Waals surface area contributed by atoms with Gasteiger partial charge in [-0.25, -0.2) is 0 Å². The van der Waals surface area contributed by atoms with Crippen LogP contribution in [-0.4, -0.2) is 16.5 Å². The van der Waals surface area contributed by atoms with Crippen molar-refractivity contribution >= 4 is 16.8 Å². The molecule has 1 amide bonds. The number of fused-ring (bicyclic) bond motifs is 1. The Balaban J connectivity index is 1.56. The van der Waals surface area contributed by atoms with Crippen LogP contribution >= 0.6 is 0 Å². The molecule has 3 nitrogen and oxygen atoms in total. The molecule has 1 aromatic heterocycles. The molecule has 0 fully saturated rings. The highest BCUT2D eigenvalue weighted by atomic mass is 16.1. The molecule has 4 rings (SSSR count). The maximum Gasteiger partial charge on any atom is 0.224 e. The van der Waals surface area contributed by atoms with E-state index in [0.717, 1.165) is 16.5 Å². The summed E-state index contributed by atoms with van der Waals surface area (Å²) in [5.74, 6) is 0.152. The summed E-state index contributed by atoms with van der Waals surface area (Å²) in [6.07, 6.45) is 2.43. The molecule has 146 valence electrons. The Bertz CT molecular complexity index is 1060. The zero-order valence-electron chi connectivity index (χ0n) is 16.9. The molecule has 3 aromatic carbocycles. The molecule has 4 aromatic rings. The first kappa shape index (κ1) is 19.0. The molecule has 29 heavy (non-hydrogen) atoms. The van der Waals surface area contributed by atoms with Crippen LogP contribution in [0.3, 0.4) is 0 Å². The lowest BCUT2D eigenvalue weighted by Crippen LogP contribution is -2.38. The van der Waals surface area contributed by atoms with Crippen LogP contribution in [-0.2, 0) is 18.3 Å². The number of benzene rings is 3. The largest absolute Gasteiger partial charge is 0.352 e. The number of nitrogens with one attached hydrogen (secondary N) is 1. The fraction of sp³-hybridized carbons (Fsp3) is 0.192. The monoisotopic (exact) mass is 382 g/mol. The zero-order chi connectivity index (χ0) is 20.2. The van der Waals surface area contributed by atoms with Gasteiger partial charge in [-0.1, -0.05) is 78.9 Å². The number of nitrogens with zero attached hydrogens (tertiary/aromatic N) is 1. The minimum Gasteiger partial charge on any atom is -0.352 e. The highest BCUT2D eigenvalue weighted by molar-refractivity contribution is 5.89. The van der Waals surface area contributed by atoms with Crippen molar-refractivity contribution in [3.05, 3.63) is 108 Å². The average molecular weight is 383 g/mol. The number of hydrogen-bond acceptors (Lipinski definition) is 1. The van der Waals surface area contributed by atoms with Crippen LogP contribution in [0.25, 0.3) is 10.9 Å². The molecule has 0 aliphatic rings. The third-order valence-electron chi connectivity index (χ3n) is 5.54. The van der Waals surface area contributed by atoms with Gasteiger partial charge in [-0.3, -0.25) is 4.79 Å². The van der Waals surface area contributed by atoms with E-state index in [1.807, 2.05) is 31.3 Å². The Kier molecular flexibility index (Phi) is 5.48. The van der Waals surface area contributed by atoms with Crippen molar-refractivity contribution in [2.24, 2.45) is 7.05 Å². The first-order chi connectivity index (χ1) is 14.1. The second-order valence-corrected chi connectivity index (χ2v) is 7.61. The van der Waals surface area contributed by atoms with Gasteiger partial charge in [-0.2, -0.15) is 0 Å². The van der Waals surface area contributed by atoms with Gasteiger partial charge in [0.25, 0.3) is 0 Å². The van der Waals surface area contributed by atoms with Crippen molar-refractivity contribution in [3.8, 4) is 0 Å². The van der Waals surface area contributed by atoms with Crippen LogP contribution < -0.4 is 5.32 Å². The number of para-hydroxylation sites is 1. The molecular weight excluding hydrogens is 356 g/mol. The smallest absolute Gasteiger partial charge is 0.224 e. The summed E-state index contributed by atoms with van der Waals surface area (Å²) in [4.78, 5) is 12.9. The van der Waals surface area contributed by atoms with Crippen LogP contribution in [0.4, 0.5) is 0 Å². The number of amides is 1. The number of carbonyl (C=O) groups is 1. The molecule has 0 bridgehead atoms. The average Bonchev–Trinajstić information content (AvgIpc) is 3.05. The lowest BCUT2D eigenvalue weighted by atomic mass is 9.85. The van der Waals surface area contributed by atoms with E-state index >= 15 is 0 Å². The van der Waals surface area contributed by atoms with E-state index in [1.165, 1.54) is 11.1 Å². The van der Waals surface area contributed by atoms with E-state index in [4.69, 9.17) is 0 Å². The summed E-state index contributed by atoms with van der Waals surface area (Å²) >= 11 is 0. The van der Waals surface area contributed by atoms with Crippen LogP contribution in [0.5, 0.6) is 0 Å². The molecule has 1 heterocycles. The fourth-order valence-electron chi connectivity index (χ4n) is 4.22. The summed E-state index contributed by atoms with van der Waals surface area (Å²) in [5, 5.41) is 4.39. The van der Waals surface area contributed by atoms with Crippen molar-refractivity contribution < 1.29 is 4.79 Å². The van der Waals surface area contributed by atoms with Crippen molar-refractivity contribution in [2.75, 3.05) is 0 Å². The van der Waals surface area contributed by atoms with Crippen molar-refractivity contribution in [3.63, 3.8) is 0 Å². The highest BCUT2D eigenvalue weighted by Gasteiger charge is 2.23. The third-order valence-corrected chi connectivity index (χ3v) is 5.54. The SMILES string of the molecule is CC(NC(=O)Cc1cn(C)c2ccccc12)C(c1ccccc1)c1ccccc1. The molecule has 3 heteroatoms. The number of hydrogen-bond donors (Lipinski definition) is 1. The summed E-state index contributed by atoms with van der Waals surface area (Å²) in [5.41, 5.74) is 4.62. The van der Waals surface area contributed by atoms with Gasteiger partial charge in [-0.05, 0) is 29.7 Å². The van der Waals surface area contributed by atoms with E-state index in [9.17, 15) is 4.79 Å². The Morgan fingerprint density at radius 1 is 0.862 bits per heavy atom. The molecule has 1 unspecified atom stereocenters. The van der Waals surface area contributed by atoms with Gasteiger partial charge in [0.1, 0.15) is 0 Å². The van der Waals surface area contributed by atoms with E-state index in [0.29, 0.717) is 6.42 Å². The summed E-state index contributed by atoms with van der Waals surface area (Å²) in [6.45, 7) is 2.09. The van der Waals surface area contributed by atoms with Gasteiger partial charge in [0, 0.05) is 36.1 Å². The zero-order valence-corrected chi connectivity index (χ0v) is 16.9. The number of carbonyl (C=O) groups excluding carboxylic acids is 1. The highest BCUT2D eigenvalue weighted by Crippen LogP contribution is 2.28. The standard InChI is InChI=1S/C26H26N2O/c1-19(26(20-11-5-3-6-12-20)21-13-7-4-8-14-21)27-25(29)17-22-18-28(2)24-16-10-9-15-23(22)24/h3-16,18-19,26H,17H2,1-2H3,(H,27,29). The van der Waals surface area contributed by atoms with Gasteiger partial charge >= 0.3 is 0 Å². The minimum absolute atomic E-state index is 0.0257. The van der Waals surface area contributed by atoms with E-state index < -0.39 is 0 Å². The Morgan fingerprint density at radius 3 is 2.03 bits per heavy atom. The summed E-state index contributed by atoms with van der Waals surface area (Å²) < 4.78 is 2.08.